The molecule has 0 saturated heterocycles. The van der Waals surface area contributed by atoms with Crippen molar-refractivity contribution >= 4 is 11.8 Å². The third-order valence-corrected chi connectivity index (χ3v) is 4.74. The van der Waals surface area contributed by atoms with Gasteiger partial charge in [-0.15, -0.1) is 0 Å². The molecule has 98 valence electrons. The second-order valence-corrected chi connectivity index (χ2v) is 5.77. The zero-order valence-corrected chi connectivity index (χ0v) is 11.2. The molecule has 1 aliphatic carbocycles. The number of aliphatic hydroxyl groups is 2. The predicted octanol–water partition coefficient (Wildman–Crippen LogP) is 0.745. The van der Waals surface area contributed by atoms with Crippen LogP contribution in [-0.2, 0) is 0 Å². The first-order chi connectivity index (χ1) is 8.18. The second-order valence-electron chi connectivity index (χ2n) is 4.62. The lowest BCUT2D eigenvalue weighted by molar-refractivity contribution is 0.113. The Morgan fingerprint density at radius 1 is 1.65 bits per heavy atom. The zero-order valence-electron chi connectivity index (χ0n) is 10.4. The summed E-state index contributed by atoms with van der Waals surface area (Å²) >= 11 is 1.65. The van der Waals surface area contributed by atoms with Gasteiger partial charge in [0.1, 0.15) is 5.54 Å². The molecule has 17 heavy (non-hydrogen) atoms. The standard InChI is InChI=1S/C12H22N2O2S/c1-14-12(9-13)5-2-3-10(12)4-6-17-8-11(16)7-15/h10-11,14-16H,2-8H2,1H3. The highest BCUT2D eigenvalue weighted by Gasteiger charge is 2.41. The minimum Gasteiger partial charge on any atom is -0.394 e. The highest BCUT2D eigenvalue weighted by atomic mass is 32.2. The van der Waals surface area contributed by atoms with Gasteiger partial charge in [0.25, 0.3) is 0 Å². The average molecular weight is 258 g/mol. The topological polar surface area (TPSA) is 76.3 Å². The SMILES string of the molecule is CNC1(C#N)CCCC1CCSCC(O)CO. The highest BCUT2D eigenvalue weighted by Crippen LogP contribution is 2.37. The number of nitrogens with zero attached hydrogens (tertiary/aromatic N) is 1. The van der Waals surface area contributed by atoms with Gasteiger partial charge in [0.15, 0.2) is 0 Å². The summed E-state index contributed by atoms with van der Waals surface area (Å²) in [7, 11) is 1.87. The van der Waals surface area contributed by atoms with Gasteiger partial charge in [-0.1, -0.05) is 6.42 Å². The average Bonchev–Trinajstić information content (AvgIpc) is 2.77. The van der Waals surface area contributed by atoms with Crippen LogP contribution in [0, 0.1) is 17.2 Å². The molecule has 1 aliphatic rings. The van der Waals surface area contributed by atoms with E-state index < -0.39 is 6.10 Å². The van der Waals surface area contributed by atoms with Crippen molar-refractivity contribution in [3.05, 3.63) is 0 Å². The molecule has 1 fully saturated rings. The van der Waals surface area contributed by atoms with E-state index in [9.17, 15) is 10.4 Å². The van der Waals surface area contributed by atoms with Gasteiger partial charge < -0.3 is 15.5 Å². The monoisotopic (exact) mass is 258 g/mol. The van der Waals surface area contributed by atoms with Crippen LogP contribution < -0.4 is 5.32 Å². The van der Waals surface area contributed by atoms with Crippen LogP contribution in [0.1, 0.15) is 25.7 Å². The van der Waals surface area contributed by atoms with E-state index in [1.165, 1.54) is 0 Å². The zero-order chi connectivity index (χ0) is 12.7. The lowest BCUT2D eigenvalue weighted by Crippen LogP contribution is -2.45. The molecule has 0 radical (unpaired) electrons. The van der Waals surface area contributed by atoms with Gasteiger partial charge in [-0.25, -0.2) is 0 Å². The Morgan fingerprint density at radius 3 is 3.00 bits per heavy atom. The van der Waals surface area contributed by atoms with Gasteiger partial charge in [-0.3, -0.25) is 0 Å². The second kappa shape index (κ2) is 7.22. The van der Waals surface area contributed by atoms with E-state index in [1.54, 1.807) is 11.8 Å². The van der Waals surface area contributed by atoms with Crippen LogP contribution in [0.5, 0.6) is 0 Å². The molecule has 0 aliphatic heterocycles. The summed E-state index contributed by atoms with van der Waals surface area (Å²) < 4.78 is 0. The van der Waals surface area contributed by atoms with E-state index in [4.69, 9.17) is 5.11 Å². The molecular weight excluding hydrogens is 236 g/mol. The third-order valence-electron chi connectivity index (χ3n) is 3.60. The first-order valence-corrected chi connectivity index (χ1v) is 7.31. The molecule has 0 spiro atoms. The first-order valence-electron chi connectivity index (χ1n) is 6.15. The van der Waals surface area contributed by atoms with E-state index in [0.717, 1.165) is 31.4 Å². The number of hydrogen-bond acceptors (Lipinski definition) is 5. The molecule has 0 amide bonds. The molecular formula is C12H22N2O2S. The number of hydrogen-bond donors (Lipinski definition) is 3. The minimum absolute atomic E-state index is 0.172. The largest absolute Gasteiger partial charge is 0.394 e. The van der Waals surface area contributed by atoms with Gasteiger partial charge in [0.2, 0.25) is 0 Å². The fourth-order valence-corrected chi connectivity index (χ4v) is 3.49. The predicted molar refractivity (Wildman–Crippen MR) is 69.8 cm³/mol. The van der Waals surface area contributed by atoms with Crippen molar-refractivity contribution in [2.45, 2.75) is 37.3 Å². The summed E-state index contributed by atoms with van der Waals surface area (Å²) in [6.45, 7) is -0.172. The molecule has 3 unspecified atom stereocenters. The number of aliphatic hydroxyl groups excluding tert-OH is 2. The minimum atomic E-state index is -0.617. The van der Waals surface area contributed by atoms with Crippen molar-refractivity contribution < 1.29 is 10.2 Å². The van der Waals surface area contributed by atoms with Crippen molar-refractivity contribution in [3.63, 3.8) is 0 Å². The van der Waals surface area contributed by atoms with Crippen LogP contribution in [0.25, 0.3) is 0 Å². The maximum atomic E-state index is 9.28. The van der Waals surface area contributed by atoms with Crippen LogP contribution in [0.4, 0.5) is 0 Å². The van der Waals surface area contributed by atoms with Gasteiger partial charge >= 0.3 is 0 Å². The fourth-order valence-electron chi connectivity index (χ4n) is 2.50. The summed E-state index contributed by atoms with van der Waals surface area (Å²) in [4.78, 5) is 0. The van der Waals surface area contributed by atoms with Crippen molar-refractivity contribution in [3.8, 4) is 6.07 Å². The van der Waals surface area contributed by atoms with E-state index in [1.807, 2.05) is 7.05 Å². The molecule has 0 aromatic carbocycles. The lowest BCUT2D eigenvalue weighted by Gasteiger charge is -2.28. The Kier molecular flexibility index (Phi) is 6.28. The molecule has 3 N–H and O–H groups in total. The Bertz CT molecular complexity index is 270. The molecule has 0 aromatic heterocycles. The van der Waals surface area contributed by atoms with Crippen molar-refractivity contribution in [1.82, 2.24) is 5.32 Å². The molecule has 5 heteroatoms. The summed E-state index contributed by atoms with van der Waals surface area (Å²) in [5.74, 6) is 1.92. The van der Waals surface area contributed by atoms with Gasteiger partial charge in [0.05, 0.1) is 18.8 Å². The van der Waals surface area contributed by atoms with E-state index in [-0.39, 0.29) is 12.1 Å². The van der Waals surface area contributed by atoms with Gasteiger partial charge in [-0.2, -0.15) is 17.0 Å². The Balaban J connectivity index is 2.29. The molecule has 0 heterocycles. The number of rotatable bonds is 7. The number of nitriles is 1. The lowest BCUT2D eigenvalue weighted by atomic mass is 9.87. The normalized spacial score (nSPS) is 30.1. The molecule has 0 bridgehead atoms. The summed E-state index contributed by atoms with van der Waals surface area (Å²) in [5.41, 5.74) is -0.337. The summed E-state index contributed by atoms with van der Waals surface area (Å²) in [5, 5.41) is 30.4. The van der Waals surface area contributed by atoms with Crippen molar-refractivity contribution in [1.29, 1.82) is 5.26 Å². The van der Waals surface area contributed by atoms with Crippen LogP contribution in [0.15, 0.2) is 0 Å². The number of nitrogens with one attached hydrogen (secondary N) is 1. The van der Waals surface area contributed by atoms with Crippen LogP contribution in [0.2, 0.25) is 0 Å². The van der Waals surface area contributed by atoms with Crippen LogP contribution in [0.3, 0.4) is 0 Å². The van der Waals surface area contributed by atoms with E-state index >= 15 is 0 Å². The quantitative estimate of drug-likeness (QED) is 0.587. The third kappa shape index (κ3) is 3.85. The summed E-state index contributed by atoms with van der Waals surface area (Å²) in [6, 6.07) is 2.43. The molecule has 1 saturated carbocycles. The van der Waals surface area contributed by atoms with Crippen molar-refractivity contribution in [2.75, 3.05) is 25.2 Å². The molecule has 4 nitrogen and oxygen atoms in total. The van der Waals surface area contributed by atoms with E-state index in [2.05, 4.69) is 11.4 Å². The van der Waals surface area contributed by atoms with Crippen LogP contribution >= 0.6 is 11.8 Å². The molecule has 1 rings (SSSR count). The fraction of sp³-hybridized carbons (Fsp3) is 0.917. The van der Waals surface area contributed by atoms with Gasteiger partial charge in [0, 0.05) is 5.75 Å². The Morgan fingerprint density at radius 2 is 2.41 bits per heavy atom. The maximum Gasteiger partial charge on any atom is 0.109 e. The van der Waals surface area contributed by atoms with Crippen molar-refractivity contribution in [2.24, 2.45) is 5.92 Å². The first kappa shape index (κ1) is 14.8. The number of thioether (sulfide) groups is 1. The molecule has 0 aromatic rings. The molecule has 3 atom stereocenters. The smallest absolute Gasteiger partial charge is 0.109 e. The van der Waals surface area contributed by atoms with E-state index in [0.29, 0.717) is 11.7 Å². The summed E-state index contributed by atoms with van der Waals surface area (Å²) in [6.07, 6.45) is 3.54. The van der Waals surface area contributed by atoms with Gasteiger partial charge in [-0.05, 0) is 38.0 Å². The maximum absolute atomic E-state index is 9.28. The van der Waals surface area contributed by atoms with Crippen LogP contribution in [-0.4, -0.2) is 47.0 Å². The Hall–Kier alpha value is -0.280. The highest BCUT2D eigenvalue weighted by molar-refractivity contribution is 7.99. The Labute approximate surface area is 107 Å².